The van der Waals surface area contributed by atoms with E-state index in [9.17, 15) is 4.79 Å². The first-order chi connectivity index (χ1) is 21.5. The van der Waals surface area contributed by atoms with Crippen molar-refractivity contribution < 1.29 is 23.7 Å². The first kappa shape index (κ1) is 30.3. The summed E-state index contributed by atoms with van der Waals surface area (Å²) in [5.41, 5.74) is 7.69. The number of hydrazone groups is 1. The zero-order valence-corrected chi connectivity index (χ0v) is 25.6. The smallest absolute Gasteiger partial charge is 0.271 e. The predicted molar refractivity (Wildman–Crippen MR) is 173 cm³/mol. The number of aryl methyl sites for hydroxylation is 1. The Labute approximate surface area is 260 Å². The number of methoxy groups -OCH3 is 1. The Morgan fingerprint density at radius 3 is 2.27 bits per heavy atom. The molecule has 9 heteroatoms. The third-order valence-electron chi connectivity index (χ3n) is 6.57. The monoisotopic (exact) mass is 607 g/mol. The minimum atomic E-state index is -0.306. The van der Waals surface area contributed by atoms with E-state index in [1.807, 2.05) is 98.1 Å². The number of nitrogens with zero attached hydrogens (tertiary/aromatic N) is 2. The number of rotatable bonds is 13. The van der Waals surface area contributed by atoms with Crippen LogP contribution in [0.3, 0.4) is 0 Å². The van der Waals surface area contributed by atoms with Gasteiger partial charge in [0.1, 0.15) is 13.2 Å². The Morgan fingerprint density at radius 2 is 1.57 bits per heavy atom. The van der Waals surface area contributed by atoms with Gasteiger partial charge in [-0.15, -0.1) is 11.3 Å². The molecule has 0 aliphatic carbocycles. The quantitative estimate of drug-likeness (QED) is 0.110. The minimum Gasteiger partial charge on any atom is -0.493 e. The van der Waals surface area contributed by atoms with Gasteiger partial charge in [0.25, 0.3) is 5.91 Å². The van der Waals surface area contributed by atoms with E-state index in [1.54, 1.807) is 36.8 Å². The number of benzene rings is 4. The molecule has 8 nitrogen and oxygen atoms in total. The van der Waals surface area contributed by atoms with Gasteiger partial charge >= 0.3 is 0 Å². The van der Waals surface area contributed by atoms with Crippen LogP contribution < -0.4 is 24.4 Å². The van der Waals surface area contributed by atoms with Gasteiger partial charge in [-0.25, -0.2) is 10.4 Å². The second kappa shape index (κ2) is 14.8. The lowest BCUT2D eigenvalue weighted by molar-refractivity contribution is 0.0955. The molecule has 1 heterocycles. The fraction of sp³-hybridized carbons (Fsp3) is 0.171. The number of thiazole rings is 1. The van der Waals surface area contributed by atoms with E-state index in [4.69, 9.17) is 18.9 Å². The van der Waals surface area contributed by atoms with Gasteiger partial charge < -0.3 is 18.9 Å². The largest absolute Gasteiger partial charge is 0.493 e. The summed E-state index contributed by atoms with van der Waals surface area (Å²) in [5, 5.41) is 7.13. The standard InChI is InChI=1S/C35H33N3O5S/c1-4-41-34-18-26(20-36-38-35(39)29-14-12-28(13-15-29)30-23-44-24(2)37-30)10-16-32(34)43-22-27-11-17-31(33(19-27)40-3)42-21-25-8-6-5-7-9-25/h5-20,23H,4,21-22H2,1-3H3,(H,38,39)/b36-20+. The topological polar surface area (TPSA) is 91.3 Å². The Morgan fingerprint density at radius 1 is 0.841 bits per heavy atom. The third-order valence-corrected chi connectivity index (χ3v) is 7.34. The van der Waals surface area contributed by atoms with Crippen LogP contribution in [0, 0.1) is 6.92 Å². The lowest BCUT2D eigenvalue weighted by Gasteiger charge is -2.15. The summed E-state index contributed by atoms with van der Waals surface area (Å²) >= 11 is 1.59. The molecule has 1 N–H and O–H groups in total. The number of hydrogen-bond acceptors (Lipinski definition) is 8. The number of carbonyl (C=O) groups excluding carboxylic acids is 1. The maximum atomic E-state index is 12.6. The lowest BCUT2D eigenvalue weighted by atomic mass is 10.1. The molecule has 0 saturated heterocycles. The van der Waals surface area contributed by atoms with Crippen molar-refractivity contribution in [2.45, 2.75) is 27.1 Å². The number of aromatic nitrogens is 1. The highest BCUT2D eigenvalue weighted by Crippen LogP contribution is 2.32. The molecule has 44 heavy (non-hydrogen) atoms. The van der Waals surface area contributed by atoms with Crippen molar-refractivity contribution in [3.8, 4) is 34.3 Å². The summed E-state index contributed by atoms with van der Waals surface area (Å²) in [6.45, 7) is 5.09. The van der Waals surface area contributed by atoms with E-state index < -0.39 is 0 Å². The van der Waals surface area contributed by atoms with Gasteiger partial charge in [0.15, 0.2) is 23.0 Å². The van der Waals surface area contributed by atoms with E-state index in [0.717, 1.165) is 33.0 Å². The molecule has 224 valence electrons. The summed E-state index contributed by atoms with van der Waals surface area (Å²) in [6, 6.07) is 28.5. The van der Waals surface area contributed by atoms with E-state index in [0.29, 0.717) is 48.4 Å². The van der Waals surface area contributed by atoms with Crippen molar-refractivity contribution in [2.75, 3.05) is 13.7 Å². The van der Waals surface area contributed by atoms with Crippen LogP contribution in [0.25, 0.3) is 11.3 Å². The van der Waals surface area contributed by atoms with Crippen LogP contribution in [-0.4, -0.2) is 30.8 Å². The van der Waals surface area contributed by atoms with E-state index in [1.165, 1.54) is 0 Å². The van der Waals surface area contributed by atoms with Crippen molar-refractivity contribution in [1.82, 2.24) is 10.4 Å². The highest BCUT2D eigenvalue weighted by atomic mass is 32.1. The van der Waals surface area contributed by atoms with Crippen molar-refractivity contribution in [1.29, 1.82) is 0 Å². The van der Waals surface area contributed by atoms with Crippen LogP contribution in [0.2, 0.25) is 0 Å². The summed E-state index contributed by atoms with van der Waals surface area (Å²) < 4.78 is 23.5. The van der Waals surface area contributed by atoms with Gasteiger partial charge in [0.05, 0.1) is 30.6 Å². The van der Waals surface area contributed by atoms with Crippen LogP contribution in [0.15, 0.2) is 101 Å². The Bertz CT molecular complexity index is 1720. The molecule has 4 aromatic carbocycles. The molecule has 1 aromatic heterocycles. The number of amides is 1. The van der Waals surface area contributed by atoms with Crippen LogP contribution in [-0.2, 0) is 13.2 Å². The van der Waals surface area contributed by atoms with Gasteiger partial charge in [-0.2, -0.15) is 5.10 Å². The molecule has 5 aromatic rings. The first-order valence-corrected chi connectivity index (χ1v) is 15.0. The SMILES string of the molecule is CCOc1cc(/C=N/NC(=O)c2ccc(-c3csc(C)n3)cc2)ccc1OCc1ccc(OCc2ccccc2)c(OC)c1. The fourth-order valence-electron chi connectivity index (χ4n) is 4.33. The normalized spacial score (nSPS) is 10.9. The fourth-order valence-corrected chi connectivity index (χ4v) is 4.95. The van der Waals surface area contributed by atoms with Gasteiger partial charge in [-0.3, -0.25) is 4.79 Å². The van der Waals surface area contributed by atoms with Gasteiger partial charge in [0, 0.05) is 16.5 Å². The molecule has 0 saturated carbocycles. The van der Waals surface area contributed by atoms with E-state index >= 15 is 0 Å². The highest BCUT2D eigenvalue weighted by molar-refractivity contribution is 7.09. The second-order valence-corrected chi connectivity index (χ2v) is 10.8. The van der Waals surface area contributed by atoms with Crippen molar-refractivity contribution >= 4 is 23.5 Å². The molecule has 0 spiro atoms. The average molecular weight is 608 g/mol. The molecular formula is C35H33N3O5S. The number of hydrogen-bond donors (Lipinski definition) is 1. The van der Waals surface area contributed by atoms with Crippen LogP contribution in [0.1, 0.15) is 39.0 Å². The first-order valence-electron chi connectivity index (χ1n) is 14.1. The Kier molecular flexibility index (Phi) is 10.2. The molecule has 0 bridgehead atoms. The molecule has 1 amide bonds. The van der Waals surface area contributed by atoms with E-state index in [-0.39, 0.29) is 5.91 Å². The highest BCUT2D eigenvalue weighted by Gasteiger charge is 2.11. The molecule has 0 atom stereocenters. The maximum absolute atomic E-state index is 12.6. The van der Waals surface area contributed by atoms with Crippen LogP contribution >= 0.6 is 11.3 Å². The molecule has 0 unspecified atom stereocenters. The minimum absolute atomic E-state index is 0.305. The molecule has 0 aliphatic heterocycles. The number of nitrogens with one attached hydrogen (secondary N) is 1. The summed E-state index contributed by atoms with van der Waals surface area (Å²) in [4.78, 5) is 17.1. The van der Waals surface area contributed by atoms with Crippen molar-refractivity contribution in [3.63, 3.8) is 0 Å². The van der Waals surface area contributed by atoms with Gasteiger partial charge in [-0.05, 0) is 73.0 Å². The van der Waals surface area contributed by atoms with Gasteiger partial charge in [-0.1, -0.05) is 48.5 Å². The maximum Gasteiger partial charge on any atom is 0.271 e. The average Bonchev–Trinajstić information content (AvgIpc) is 3.50. The van der Waals surface area contributed by atoms with Gasteiger partial charge in [0.2, 0.25) is 0 Å². The third kappa shape index (κ3) is 8.02. The second-order valence-electron chi connectivity index (χ2n) is 9.72. The lowest BCUT2D eigenvalue weighted by Crippen LogP contribution is -2.17. The number of ether oxygens (including phenoxy) is 4. The number of carbonyl (C=O) groups is 1. The van der Waals surface area contributed by atoms with Crippen LogP contribution in [0.4, 0.5) is 0 Å². The molecule has 5 rings (SSSR count). The Hall–Kier alpha value is -5.15. The van der Waals surface area contributed by atoms with Crippen molar-refractivity contribution in [3.05, 3.63) is 124 Å². The molecule has 0 fully saturated rings. The van der Waals surface area contributed by atoms with Crippen molar-refractivity contribution in [2.24, 2.45) is 5.10 Å². The summed E-state index contributed by atoms with van der Waals surface area (Å²) in [7, 11) is 1.62. The molecular weight excluding hydrogens is 574 g/mol. The Balaban J connectivity index is 1.18. The van der Waals surface area contributed by atoms with E-state index in [2.05, 4.69) is 15.5 Å². The predicted octanol–water partition coefficient (Wildman–Crippen LogP) is 7.45. The van der Waals surface area contributed by atoms with Crippen LogP contribution in [0.5, 0.6) is 23.0 Å². The zero-order chi connectivity index (χ0) is 30.7. The zero-order valence-electron chi connectivity index (χ0n) is 24.8. The molecule has 0 radical (unpaired) electrons. The summed E-state index contributed by atoms with van der Waals surface area (Å²) in [5.74, 6) is 2.15. The molecule has 0 aliphatic rings. The summed E-state index contributed by atoms with van der Waals surface area (Å²) in [6.07, 6.45) is 1.57.